The van der Waals surface area contributed by atoms with Gasteiger partial charge < -0.3 is 20.5 Å². The molecule has 0 bridgehead atoms. The summed E-state index contributed by atoms with van der Waals surface area (Å²) in [7, 11) is 0. The summed E-state index contributed by atoms with van der Waals surface area (Å²) in [5.74, 6) is 1.21. The van der Waals surface area contributed by atoms with Crippen molar-refractivity contribution in [2.45, 2.75) is 39.0 Å². The zero-order valence-electron chi connectivity index (χ0n) is 20.1. The van der Waals surface area contributed by atoms with E-state index in [1.54, 1.807) is 0 Å². The quantitative estimate of drug-likeness (QED) is 0.357. The van der Waals surface area contributed by atoms with Crippen LogP contribution in [0, 0.1) is 0 Å². The number of thiophene rings is 1. The van der Waals surface area contributed by atoms with Crippen molar-refractivity contribution in [1.29, 1.82) is 0 Å². The molecule has 3 aromatic heterocycles. The molecule has 1 unspecified atom stereocenters. The zero-order valence-corrected chi connectivity index (χ0v) is 21.7. The molecule has 4 heterocycles. The molecule has 1 aliphatic rings. The maximum atomic E-state index is 13.4. The van der Waals surface area contributed by atoms with Crippen molar-refractivity contribution >= 4 is 45.6 Å². The Labute approximate surface area is 218 Å². The molecule has 1 atom stereocenters. The molecule has 5 rings (SSSR count). The van der Waals surface area contributed by atoms with Crippen LogP contribution in [0.25, 0.3) is 21.5 Å². The van der Waals surface area contributed by atoms with Gasteiger partial charge in [-0.15, -0.1) is 11.3 Å². The molecule has 0 radical (unpaired) electrons. The van der Waals surface area contributed by atoms with Gasteiger partial charge in [-0.1, -0.05) is 36.7 Å². The van der Waals surface area contributed by atoms with Gasteiger partial charge in [0.05, 0.1) is 33.0 Å². The van der Waals surface area contributed by atoms with E-state index in [0.717, 1.165) is 33.6 Å². The predicted molar refractivity (Wildman–Crippen MR) is 142 cm³/mol. The van der Waals surface area contributed by atoms with Crippen LogP contribution >= 0.6 is 22.9 Å². The van der Waals surface area contributed by atoms with Crippen LogP contribution in [0.1, 0.15) is 25.1 Å². The van der Waals surface area contributed by atoms with E-state index in [-0.39, 0.29) is 11.9 Å². The van der Waals surface area contributed by atoms with Crippen molar-refractivity contribution in [2.24, 2.45) is 0 Å². The second-order valence-corrected chi connectivity index (χ2v) is 11.0. The van der Waals surface area contributed by atoms with Crippen molar-refractivity contribution < 1.29 is 9.32 Å². The second-order valence-electron chi connectivity index (χ2n) is 9.30. The van der Waals surface area contributed by atoms with Crippen LogP contribution in [-0.2, 0) is 17.9 Å². The Morgan fingerprint density at radius 3 is 2.86 bits per heavy atom. The summed E-state index contributed by atoms with van der Waals surface area (Å²) in [6.45, 7) is 6.98. The average Bonchev–Trinajstić information content (AvgIpc) is 3.48. The van der Waals surface area contributed by atoms with Crippen LogP contribution in [0.4, 0.5) is 5.82 Å². The Bertz CT molecular complexity index is 1370. The third-order valence-corrected chi connectivity index (χ3v) is 7.44. The number of nitrogens with one attached hydrogen (secondary N) is 1. The molecule has 9 nitrogen and oxygen atoms in total. The van der Waals surface area contributed by atoms with Crippen LogP contribution in [0.2, 0.25) is 4.34 Å². The Kier molecular flexibility index (Phi) is 7.20. The lowest BCUT2D eigenvalue weighted by atomic mass is 10.1. The third-order valence-electron chi connectivity index (χ3n) is 6.20. The smallest absolute Gasteiger partial charge is 0.237 e. The molecule has 0 aliphatic carbocycles. The van der Waals surface area contributed by atoms with Crippen LogP contribution in [0.3, 0.4) is 0 Å². The van der Waals surface area contributed by atoms with Gasteiger partial charge in [0, 0.05) is 43.7 Å². The molecule has 0 spiro atoms. The molecule has 3 N–H and O–H groups in total. The van der Waals surface area contributed by atoms with Crippen molar-refractivity contribution in [3.63, 3.8) is 0 Å². The SMILES string of the molecule is CC(C)NCC1CN(Cc2cc(-c3ccc(Cl)s3)on2)CC(=O)N1Cc1ccc2c(N)ncnc2c1. The summed E-state index contributed by atoms with van der Waals surface area (Å²) < 4.78 is 6.23. The summed E-state index contributed by atoms with van der Waals surface area (Å²) >= 11 is 7.50. The summed E-state index contributed by atoms with van der Waals surface area (Å²) in [5, 5.41) is 8.54. The molecule has 188 valence electrons. The topological polar surface area (TPSA) is 113 Å². The van der Waals surface area contributed by atoms with E-state index < -0.39 is 0 Å². The lowest BCUT2D eigenvalue weighted by molar-refractivity contribution is -0.140. The first-order chi connectivity index (χ1) is 17.4. The van der Waals surface area contributed by atoms with Gasteiger partial charge in [-0.05, 0) is 29.8 Å². The Morgan fingerprint density at radius 1 is 1.22 bits per heavy atom. The van der Waals surface area contributed by atoms with Crippen molar-refractivity contribution in [2.75, 3.05) is 25.4 Å². The molecule has 1 fully saturated rings. The number of carbonyl (C=O) groups is 1. The number of hydrogen-bond acceptors (Lipinski definition) is 9. The monoisotopic (exact) mass is 525 g/mol. The van der Waals surface area contributed by atoms with Crippen LogP contribution in [0.5, 0.6) is 0 Å². The fourth-order valence-electron chi connectivity index (χ4n) is 4.43. The number of nitrogen functional groups attached to an aromatic ring is 1. The van der Waals surface area contributed by atoms with E-state index >= 15 is 0 Å². The van der Waals surface area contributed by atoms with Crippen LogP contribution in [-0.4, -0.2) is 62.5 Å². The van der Waals surface area contributed by atoms with Gasteiger partial charge in [-0.2, -0.15) is 0 Å². The van der Waals surface area contributed by atoms with Crippen molar-refractivity contribution in [1.82, 2.24) is 30.2 Å². The van der Waals surface area contributed by atoms with E-state index in [4.69, 9.17) is 21.9 Å². The second kappa shape index (κ2) is 10.5. The molecular formula is C25H28ClN7O2S. The van der Waals surface area contributed by atoms with Gasteiger partial charge in [0.1, 0.15) is 12.1 Å². The number of piperazine rings is 1. The van der Waals surface area contributed by atoms with Gasteiger partial charge >= 0.3 is 0 Å². The number of benzene rings is 1. The highest BCUT2D eigenvalue weighted by Crippen LogP contribution is 2.31. The minimum absolute atomic E-state index is 0.00212. The molecular weight excluding hydrogens is 498 g/mol. The van der Waals surface area contributed by atoms with E-state index in [2.05, 4.69) is 39.2 Å². The van der Waals surface area contributed by atoms with Crippen LogP contribution < -0.4 is 11.1 Å². The maximum absolute atomic E-state index is 13.4. The summed E-state index contributed by atoms with van der Waals surface area (Å²) in [4.78, 5) is 26.8. The molecule has 1 aliphatic heterocycles. The number of halogens is 1. The Balaban J connectivity index is 1.31. The lowest BCUT2D eigenvalue weighted by Gasteiger charge is -2.41. The van der Waals surface area contributed by atoms with Gasteiger partial charge in [0.15, 0.2) is 5.76 Å². The van der Waals surface area contributed by atoms with E-state index in [9.17, 15) is 4.79 Å². The third kappa shape index (κ3) is 5.52. The number of nitrogens with zero attached hydrogens (tertiary/aromatic N) is 5. The molecule has 4 aromatic rings. The number of hydrogen-bond donors (Lipinski definition) is 2. The normalized spacial score (nSPS) is 16.9. The molecule has 0 saturated carbocycles. The zero-order chi connectivity index (χ0) is 25.2. The maximum Gasteiger partial charge on any atom is 0.237 e. The first kappa shape index (κ1) is 24.6. The number of anilines is 1. The van der Waals surface area contributed by atoms with Gasteiger partial charge in [0.2, 0.25) is 5.91 Å². The van der Waals surface area contributed by atoms with E-state index in [0.29, 0.717) is 48.1 Å². The number of amides is 1. The average molecular weight is 526 g/mol. The highest BCUT2D eigenvalue weighted by atomic mass is 35.5. The molecule has 1 amide bonds. The molecule has 1 aromatic carbocycles. The van der Waals surface area contributed by atoms with Crippen molar-refractivity contribution in [3.05, 3.63) is 58.3 Å². The predicted octanol–water partition coefficient (Wildman–Crippen LogP) is 3.79. The summed E-state index contributed by atoms with van der Waals surface area (Å²) in [5.41, 5.74) is 8.54. The highest BCUT2D eigenvalue weighted by molar-refractivity contribution is 7.19. The Hall–Kier alpha value is -3.05. The number of aromatic nitrogens is 3. The van der Waals surface area contributed by atoms with Crippen LogP contribution in [0.15, 0.2) is 47.2 Å². The first-order valence-corrected chi connectivity index (χ1v) is 13.0. The number of fused-ring (bicyclic) bond motifs is 1. The Morgan fingerprint density at radius 2 is 2.08 bits per heavy atom. The minimum atomic E-state index is 0.00212. The number of carbonyl (C=O) groups excluding carboxylic acids is 1. The molecule has 36 heavy (non-hydrogen) atoms. The first-order valence-electron chi connectivity index (χ1n) is 11.8. The molecule has 11 heteroatoms. The number of nitrogens with two attached hydrogens (primary N) is 1. The highest BCUT2D eigenvalue weighted by Gasteiger charge is 2.33. The van der Waals surface area contributed by atoms with Gasteiger partial charge in [-0.3, -0.25) is 9.69 Å². The van der Waals surface area contributed by atoms with E-state index in [1.165, 1.54) is 17.7 Å². The molecule has 1 saturated heterocycles. The summed E-state index contributed by atoms with van der Waals surface area (Å²) in [6, 6.07) is 11.9. The fourth-order valence-corrected chi connectivity index (χ4v) is 5.42. The van der Waals surface area contributed by atoms with Gasteiger partial charge in [-0.25, -0.2) is 9.97 Å². The van der Waals surface area contributed by atoms with Crippen molar-refractivity contribution in [3.8, 4) is 10.6 Å². The fraction of sp³-hybridized carbons (Fsp3) is 0.360. The van der Waals surface area contributed by atoms with E-state index in [1.807, 2.05) is 41.3 Å². The minimum Gasteiger partial charge on any atom is -0.383 e. The lowest BCUT2D eigenvalue weighted by Crippen LogP contribution is -2.59. The standard InChI is InChI=1S/C25H28ClN7O2S/c1-15(2)28-9-18-12-32(11-17-8-21(35-31-17)22-5-6-23(26)36-22)13-24(34)33(18)10-16-3-4-19-20(7-16)29-14-30-25(19)27/h3-8,14-15,18,28H,9-13H2,1-2H3,(H2,27,29,30). The number of rotatable bonds is 8. The largest absolute Gasteiger partial charge is 0.383 e. The summed E-state index contributed by atoms with van der Waals surface area (Å²) in [6.07, 6.45) is 1.46. The van der Waals surface area contributed by atoms with Gasteiger partial charge in [0.25, 0.3) is 0 Å².